The molecule has 0 aliphatic carbocycles. The van der Waals surface area contributed by atoms with E-state index in [-0.39, 0.29) is 13.4 Å². The number of rotatable bonds is 3. The molecular formula is C23H24O7. The van der Waals surface area contributed by atoms with Crippen molar-refractivity contribution in [2.75, 3.05) is 20.5 Å². The monoisotopic (exact) mass is 412 g/mol. The van der Waals surface area contributed by atoms with Crippen LogP contribution in [0.1, 0.15) is 36.6 Å². The first-order valence-corrected chi connectivity index (χ1v) is 9.90. The molecule has 158 valence electrons. The van der Waals surface area contributed by atoms with Gasteiger partial charge in [-0.1, -0.05) is 11.6 Å². The predicted octanol–water partition coefficient (Wildman–Crippen LogP) is 3.01. The van der Waals surface area contributed by atoms with Gasteiger partial charge in [-0.2, -0.15) is 0 Å². The molecule has 3 atom stereocenters. The number of ether oxygens (including phenoxy) is 5. The van der Waals surface area contributed by atoms with Gasteiger partial charge in [0.2, 0.25) is 6.79 Å². The summed E-state index contributed by atoms with van der Waals surface area (Å²) < 4.78 is 28.5. The van der Waals surface area contributed by atoms with E-state index in [2.05, 4.69) is 6.08 Å². The lowest BCUT2D eigenvalue weighted by atomic mass is 9.75. The number of fused-ring (bicyclic) bond motifs is 5. The zero-order valence-electron chi connectivity index (χ0n) is 17.1. The van der Waals surface area contributed by atoms with E-state index >= 15 is 0 Å². The van der Waals surface area contributed by atoms with Gasteiger partial charge in [0.05, 0.1) is 7.11 Å². The Labute approximate surface area is 174 Å². The van der Waals surface area contributed by atoms with Crippen LogP contribution in [0.4, 0.5) is 0 Å². The van der Waals surface area contributed by atoms with Crippen molar-refractivity contribution in [3.8, 4) is 28.7 Å². The van der Waals surface area contributed by atoms with Crippen molar-refractivity contribution in [1.29, 1.82) is 0 Å². The number of methoxy groups -OCH3 is 1. The number of aliphatic hydroxyl groups excluding tert-OH is 1. The number of aliphatic hydroxyl groups is 2. The summed E-state index contributed by atoms with van der Waals surface area (Å²) in [6.45, 7) is 4.23. The molecule has 7 heteroatoms. The Morgan fingerprint density at radius 3 is 2.67 bits per heavy atom. The van der Waals surface area contributed by atoms with Crippen molar-refractivity contribution in [1.82, 2.24) is 0 Å². The summed E-state index contributed by atoms with van der Waals surface area (Å²) in [7, 11) is 1.60. The Morgan fingerprint density at radius 2 is 1.93 bits per heavy atom. The topological polar surface area (TPSA) is 86.6 Å². The third kappa shape index (κ3) is 2.66. The molecule has 0 spiro atoms. The Kier molecular flexibility index (Phi) is 4.34. The first kappa shape index (κ1) is 19.1. The van der Waals surface area contributed by atoms with Crippen LogP contribution in [0.3, 0.4) is 0 Å². The van der Waals surface area contributed by atoms with E-state index in [1.54, 1.807) is 31.4 Å². The van der Waals surface area contributed by atoms with Crippen molar-refractivity contribution in [2.24, 2.45) is 0 Å². The zero-order chi connectivity index (χ0) is 21.0. The fraction of sp³-hybridized carbons (Fsp3) is 0.391. The van der Waals surface area contributed by atoms with E-state index in [0.29, 0.717) is 46.3 Å². The molecule has 3 aliphatic heterocycles. The van der Waals surface area contributed by atoms with E-state index in [1.807, 2.05) is 13.8 Å². The first-order chi connectivity index (χ1) is 14.4. The molecule has 30 heavy (non-hydrogen) atoms. The molecule has 0 bridgehead atoms. The Hall–Kier alpha value is -2.90. The maximum Gasteiger partial charge on any atom is 0.231 e. The predicted molar refractivity (Wildman–Crippen MR) is 107 cm³/mol. The lowest BCUT2D eigenvalue weighted by Gasteiger charge is -2.47. The van der Waals surface area contributed by atoms with Crippen LogP contribution in [0.15, 0.2) is 35.9 Å². The van der Waals surface area contributed by atoms with Crippen LogP contribution in [0.5, 0.6) is 28.7 Å². The van der Waals surface area contributed by atoms with E-state index in [4.69, 9.17) is 23.7 Å². The fourth-order valence-corrected chi connectivity index (χ4v) is 4.32. The van der Waals surface area contributed by atoms with Crippen molar-refractivity contribution < 1.29 is 33.9 Å². The normalized spacial score (nSPS) is 25.2. The summed E-state index contributed by atoms with van der Waals surface area (Å²) in [6, 6.07) is 6.88. The molecule has 0 saturated carbocycles. The SMILES string of the molecule is COc1ccc2c(c1CC=C(C)C)O[C@@H]1COc3cc4c(cc3[C@@]1(O)[C@@H]2O)OCO4. The lowest BCUT2D eigenvalue weighted by Crippen LogP contribution is -2.56. The van der Waals surface area contributed by atoms with Gasteiger partial charge in [-0.15, -0.1) is 0 Å². The van der Waals surface area contributed by atoms with Gasteiger partial charge in [-0.05, 0) is 38.5 Å². The van der Waals surface area contributed by atoms with Gasteiger partial charge in [0.25, 0.3) is 0 Å². The Bertz CT molecular complexity index is 1040. The average molecular weight is 412 g/mol. The highest BCUT2D eigenvalue weighted by Crippen LogP contribution is 2.55. The standard InChI is InChI=1S/C23H24O7/c1-12(2)4-5-13-16(26-3)7-6-14-21(13)30-20-10-27-17-9-19-18(28-11-29-19)8-15(17)23(20,25)22(14)24/h4,6-9,20,22,24-25H,5,10-11H2,1-3H3/t20-,22-,23+/m1/s1. The number of hydrogen-bond acceptors (Lipinski definition) is 7. The molecule has 0 radical (unpaired) electrons. The van der Waals surface area contributed by atoms with Crippen LogP contribution >= 0.6 is 0 Å². The zero-order valence-corrected chi connectivity index (χ0v) is 17.1. The van der Waals surface area contributed by atoms with Gasteiger partial charge in [-0.3, -0.25) is 0 Å². The highest BCUT2D eigenvalue weighted by Gasteiger charge is 2.56. The van der Waals surface area contributed by atoms with Crippen LogP contribution in [0, 0.1) is 0 Å². The summed E-state index contributed by atoms with van der Waals surface area (Å²) in [5.41, 5.74) is 1.23. The third-order valence-corrected chi connectivity index (χ3v) is 5.94. The van der Waals surface area contributed by atoms with Gasteiger partial charge < -0.3 is 33.9 Å². The molecule has 2 aromatic rings. The minimum Gasteiger partial charge on any atom is -0.496 e. The third-order valence-electron chi connectivity index (χ3n) is 5.94. The fourth-order valence-electron chi connectivity index (χ4n) is 4.32. The quantitative estimate of drug-likeness (QED) is 0.750. The molecular weight excluding hydrogens is 388 g/mol. The summed E-state index contributed by atoms with van der Waals surface area (Å²) in [5, 5.41) is 23.1. The van der Waals surface area contributed by atoms with Gasteiger partial charge >= 0.3 is 0 Å². The van der Waals surface area contributed by atoms with Gasteiger partial charge in [0.15, 0.2) is 23.2 Å². The maximum absolute atomic E-state index is 11.7. The summed E-state index contributed by atoms with van der Waals surface area (Å²) in [4.78, 5) is 0. The molecule has 7 nitrogen and oxygen atoms in total. The summed E-state index contributed by atoms with van der Waals surface area (Å²) >= 11 is 0. The maximum atomic E-state index is 11.7. The Morgan fingerprint density at radius 1 is 1.17 bits per heavy atom. The van der Waals surface area contributed by atoms with Crippen LogP contribution in [0.2, 0.25) is 0 Å². The minimum absolute atomic E-state index is 0.0823. The lowest BCUT2D eigenvalue weighted by molar-refractivity contribution is -0.179. The van der Waals surface area contributed by atoms with Gasteiger partial charge in [0, 0.05) is 22.8 Å². The van der Waals surface area contributed by atoms with E-state index in [0.717, 1.165) is 11.1 Å². The number of benzene rings is 2. The molecule has 0 fully saturated rings. The molecule has 5 rings (SSSR count). The molecule has 0 saturated heterocycles. The van der Waals surface area contributed by atoms with Crippen LogP contribution in [-0.4, -0.2) is 36.8 Å². The average Bonchev–Trinajstić information content (AvgIpc) is 3.19. The summed E-state index contributed by atoms with van der Waals surface area (Å²) in [6.07, 6.45) is 0.640. The number of allylic oxidation sites excluding steroid dienone is 2. The van der Waals surface area contributed by atoms with Crippen LogP contribution in [-0.2, 0) is 12.0 Å². The van der Waals surface area contributed by atoms with Crippen LogP contribution in [0.25, 0.3) is 0 Å². The van der Waals surface area contributed by atoms with Gasteiger partial charge in [0.1, 0.15) is 30.0 Å². The molecule has 0 unspecified atom stereocenters. The Balaban J connectivity index is 1.64. The minimum atomic E-state index is -1.69. The second kappa shape index (κ2) is 6.82. The first-order valence-electron chi connectivity index (χ1n) is 9.90. The summed E-state index contributed by atoms with van der Waals surface area (Å²) in [5.74, 6) is 2.70. The van der Waals surface area contributed by atoms with Gasteiger partial charge in [-0.25, -0.2) is 0 Å². The molecule has 3 aliphatic rings. The molecule has 2 N–H and O–H groups in total. The highest BCUT2D eigenvalue weighted by atomic mass is 16.7. The van der Waals surface area contributed by atoms with Crippen molar-refractivity contribution in [2.45, 2.75) is 38.1 Å². The van der Waals surface area contributed by atoms with E-state index < -0.39 is 17.8 Å². The molecule has 3 heterocycles. The van der Waals surface area contributed by atoms with Crippen LogP contribution < -0.4 is 23.7 Å². The smallest absolute Gasteiger partial charge is 0.231 e. The second-order valence-electron chi connectivity index (χ2n) is 8.00. The molecule has 2 aromatic carbocycles. The highest BCUT2D eigenvalue weighted by molar-refractivity contribution is 5.59. The van der Waals surface area contributed by atoms with E-state index in [1.165, 1.54) is 0 Å². The number of hydrogen-bond donors (Lipinski definition) is 2. The second-order valence-corrected chi connectivity index (χ2v) is 8.00. The van der Waals surface area contributed by atoms with E-state index in [9.17, 15) is 10.2 Å². The largest absolute Gasteiger partial charge is 0.496 e. The molecule has 0 aromatic heterocycles. The van der Waals surface area contributed by atoms with Crippen molar-refractivity contribution in [3.05, 3.63) is 52.6 Å². The van der Waals surface area contributed by atoms with Crippen molar-refractivity contribution in [3.63, 3.8) is 0 Å². The molecule has 0 amide bonds. The van der Waals surface area contributed by atoms with Crippen molar-refractivity contribution >= 4 is 0 Å².